The number of aryl methyl sites for hydroxylation is 1. The maximum Gasteiger partial charge on any atom is 0.338 e. The fourth-order valence-electron chi connectivity index (χ4n) is 1.90. The molecule has 4 nitrogen and oxygen atoms in total. The van der Waals surface area contributed by atoms with Gasteiger partial charge in [-0.25, -0.2) is 9.78 Å². The van der Waals surface area contributed by atoms with Crippen LogP contribution in [0.1, 0.15) is 28.5 Å². The number of aromatic nitrogens is 1. The average Bonchev–Trinajstić information content (AvgIpc) is 2.47. The number of carbonyl (C=O) groups is 1. The lowest BCUT2D eigenvalue weighted by Gasteiger charge is -2.07. The van der Waals surface area contributed by atoms with E-state index in [1.54, 1.807) is 13.0 Å². The van der Waals surface area contributed by atoms with Crippen molar-refractivity contribution in [3.8, 4) is 0 Å². The normalized spacial score (nSPS) is 10.4. The summed E-state index contributed by atoms with van der Waals surface area (Å²) in [5.41, 5.74) is 8.21. The maximum atomic E-state index is 11.7. The summed E-state index contributed by atoms with van der Waals surface area (Å²) in [5.74, 6) is -0.306. The number of hydrogen-bond donors (Lipinski definition) is 1. The van der Waals surface area contributed by atoms with E-state index in [1.807, 2.05) is 37.3 Å². The van der Waals surface area contributed by atoms with Crippen LogP contribution >= 0.6 is 11.8 Å². The van der Waals surface area contributed by atoms with Crippen LogP contribution in [0.15, 0.2) is 46.3 Å². The van der Waals surface area contributed by atoms with Crippen molar-refractivity contribution in [3.05, 3.63) is 53.2 Å². The molecule has 2 aromatic rings. The van der Waals surface area contributed by atoms with Crippen LogP contribution in [0.5, 0.6) is 0 Å². The van der Waals surface area contributed by atoms with Gasteiger partial charge in [0.2, 0.25) is 0 Å². The first-order valence-corrected chi connectivity index (χ1v) is 7.56. The predicted molar refractivity (Wildman–Crippen MR) is 83.4 cm³/mol. The Kier molecular flexibility index (Phi) is 5.36. The van der Waals surface area contributed by atoms with Gasteiger partial charge < -0.3 is 10.5 Å². The second-order valence-corrected chi connectivity index (χ2v) is 5.60. The van der Waals surface area contributed by atoms with E-state index in [1.165, 1.54) is 11.8 Å². The number of nitrogens with two attached hydrogens (primary N) is 1. The Morgan fingerprint density at radius 1 is 1.33 bits per heavy atom. The Balaban J connectivity index is 2.21. The Bertz CT molecular complexity index is 644. The molecule has 0 radical (unpaired) electrons. The smallest absolute Gasteiger partial charge is 0.338 e. The van der Waals surface area contributed by atoms with E-state index in [9.17, 15) is 4.79 Å². The lowest BCUT2D eigenvalue weighted by molar-refractivity contribution is 0.0526. The predicted octanol–water partition coefficient (Wildman–Crippen LogP) is 3.18. The van der Waals surface area contributed by atoms with Crippen LogP contribution < -0.4 is 5.73 Å². The standard InChI is InChI=1S/C16H18N2O2S/c1-3-20-16(19)13-5-4-6-14(9-13)21-15-8-12(10-17)7-11(2)18-15/h4-9H,3,10,17H2,1-2H3. The van der Waals surface area contributed by atoms with Crippen LogP contribution in [-0.4, -0.2) is 17.6 Å². The monoisotopic (exact) mass is 302 g/mol. The molecule has 2 N–H and O–H groups in total. The Morgan fingerprint density at radius 3 is 2.86 bits per heavy atom. The minimum Gasteiger partial charge on any atom is -0.462 e. The highest BCUT2D eigenvalue weighted by Crippen LogP contribution is 2.27. The Labute approximate surface area is 128 Å². The van der Waals surface area contributed by atoms with Crippen molar-refractivity contribution >= 4 is 17.7 Å². The van der Waals surface area contributed by atoms with E-state index in [2.05, 4.69) is 4.98 Å². The molecule has 0 atom stereocenters. The van der Waals surface area contributed by atoms with Gasteiger partial charge in [0.25, 0.3) is 0 Å². The van der Waals surface area contributed by atoms with Crippen molar-refractivity contribution in [1.82, 2.24) is 4.98 Å². The third-order valence-corrected chi connectivity index (χ3v) is 3.70. The first kappa shape index (κ1) is 15.5. The van der Waals surface area contributed by atoms with Crippen molar-refractivity contribution in [2.24, 2.45) is 5.73 Å². The minimum absolute atomic E-state index is 0.306. The van der Waals surface area contributed by atoms with E-state index in [-0.39, 0.29) is 5.97 Å². The maximum absolute atomic E-state index is 11.7. The fourth-order valence-corrected chi connectivity index (χ4v) is 2.87. The zero-order chi connectivity index (χ0) is 15.2. The molecule has 0 fully saturated rings. The summed E-state index contributed by atoms with van der Waals surface area (Å²) in [5, 5.41) is 0.872. The number of benzene rings is 1. The molecule has 0 saturated carbocycles. The Morgan fingerprint density at radius 2 is 2.14 bits per heavy atom. The molecule has 0 aliphatic rings. The van der Waals surface area contributed by atoms with Gasteiger partial charge in [0.15, 0.2) is 0 Å². The highest BCUT2D eigenvalue weighted by molar-refractivity contribution is 7.99. The molecular weight excluding hydrogens is 284 g/mol. The third kappa shape index (κ3) is 4.31. The van der Waals surface area contributed by atoms with Gasteiger partial charge in [0.05, 0.1) is 12.2 Å². The van der Waals surface area contributed by atoms with Crippen LogP contribution in [0.2, 0.25) is 0 Å². The molecule has 0 unspecified atom stereocenters. The summed E-state index contributed by atoms with van der Waals surface area (Å²) >= 11 is 1.51. The highest BCUT2D eigenvalue weighted by Gasteiger charge is 2.08. The Hall–Kier alpha value is -1.85. The number of hydrogen-bond acceptors (Lipinski definition) is 5. The van der Waals surface area contributed by atoms with Crippen molar-refractivity contribution in [1.29, 1.82) is 0 Å². The molecule has 0 aliphatic heterocycles. The van der Waals surface area contributed by atoms with Crippen molar-refractivity contribution in [3.63, 3.8) is 0 Å². The van der Waals surface area contributed by atoms with Crippen LogP contribution in [0, 0.1) is 6.92 Å². The molecule has 1 aromatic carbocycles. The van der Waals surface area contributed by atoms with Gasteiger partial charge in [0, 0.05) is 17.1 Å². The number of ether oxygens (including phenoxy) is 1. The van der Waals surface area contributed by atoms with E-state index < -0.39 is 0 Å². The van der Waals surface area contributed by atoms with E-state index in [4.69, 9.17) is 10.5 Å². The summed E-state index contributed by atoms with van der Waals surface area (Å²) in [4.78, 5) is 17.2. The number of carbonyl (C=O) groups excluding carboxylic acids is 1. The van der Waals surface area contributed by atoms with E-state index >= 15 is 0 Å². The van der Waals surface area contributed by atoms with E-state index in [0.717, 1.165) is 21.2 Å². The highest BCUT2D eigenvalue weighted by atomic mass is 32.2. The van der Waals surface area contributed by atoms with Gasteiger partial charge in [-0.3, -0.25) is 0 Å². The molecule has 1 aromatic heterocycles. The molecule has 0 amide bonds. The molecule has 2 rings (SSSR count). The largest absolute Gasteiger partial charge is 0.462 e. The van der Waals surface area contributed by atoms with Crippen LogP contribution in [0.4, 0.5) is 0 Å². The molecule has 0 saturated heterocycles. The minimum atomic E-state index is -0.306. The molecule has 21 heavy (non-hydrogen) atoms. The molecule has 5 heteroatoms. The first-order valence-electron chi connectivity index (χ1n) is 6.75. The quantitative estimate of drug-likeness (QED) is 0.859. The summed E-state index contributed by atoms with van der Waals surface area (Å²) in [6.07, 6.45) is 0. The fraction of sp³-hybridized carbons (Fsp3) is 0.250. The van der Waals surface area contributed by atoms with Crippen LogP contribution in [-0.2, 0) is 11.3 Å². The van der Waals surface area contributed by atoms with Crippen LogP contribution in [0.3, 0.4) is 0 Å². The number of rotatable bonds is 5. The van der Waals surface area contributed by atoms with Crippen LogP contribution in [0.25, 0.3) is 0 Å². The lowest BCUT2D eigenvalue weighted by atomic mass is 10.2. The molecular formula is C16H18N2O2S. The van der Waals surface area contributed by atoms with Gasteiger partial charge in [-0.1, -0.05) is 17.8 Å². The van der Waals surface area contributed by atoms with Crippen molar-refractivity contribution in [2.75, 3.05) is 6.61 Å². The second kappa shape index (κ2) is 7.24. The van der Waals surface area contributed by atoms with Gasteiger partial charge in [0.1, 0.15) is 5.03 Å². The third-order valence-electron chi connectivity index (χ3n) is 2.79. The molecule has 0 aliphatic carbocycles. The summed E-state index contributed by atoms with van der Waals surface area (Å²) < 4.78 is 5.01. The second-order valence-electron chi connectivity index (χ2n) is 4.51. The van der Waals surface area contributed by atoms with Gasteiger partial charge in [-0.05, 0) is 49.7 Å². The zero-order valence-corrected chi connectivity index (χ0v) is 12.9. The zero-order valence-electron chi connectivity index (χ0n) is 12.1. The summed E-state index contributed by atoms with van der Waals surface area (Å²) in [7, 11) is 0. The topological polar surface area (TPSA) is 65.2 Å². The summed E-state index contributed by atoms with van der Waals surface area (Å²) in [6, 6.07) is 11.3. The summed E-state index contributed by atoms with van der Waals surface area (Å²) in [6.45, 7) is 4.59. The number of esters is 1. The number of pyridine rings is 1. The van der Waals surface area contributed by atoms with Crippen molar-refractivity contribution in [2.45, 2.75) is 30.3 Å². The average molecular weight is 302 g/mol. The van der Waals surface area contributed by atoms with Crippen molar-refractivity contribution < 1.29 is 9.53 Å². The van der Waals surface area contributed by atoms with E-state index in [0.29, 0.717) is 18.7 Å². The van der Waals surface area contributed by atoms with Gasteiger partial charge in [-0.2, -0.15) is 0 Å². The lowest BCUT2D eigenvalue weighted by Crippen LogP contribution is -2.04. The molecule has 1 heterocycles. The molecule has 0 spiro atoms. The SMILES string of the molecule is CCOC(=O)c1cccc(Sc2cc(CN)cc(C)n2)c1. The first-order chi connectivity index (χ1) is 10.1. The molecule has 110 valence electrons. The molecule has 0 bridgehead atoms. The van der Waals surface area contributed by atoms with Gasteiger partial charge in [-0.15, -0.1) is 0 Å². The number of nitrogens with zero attached hydrogens (tertiary/aromatic N) is 1. The van der Waals surface area contributed by atoms with Gasteiger partial charge >= 0.3 is 5.97 Å².